The highest BCUT2D eigenvalue weighted by Gasteiger charge is 2.31. The second kappa shape index (κ2) is 4.39. The number of thiocarbonyl (C=S) groups is 1. The Morgan fingerprint density at radius 1 is 1.71 bits per heavy atom. The molecular formula is C8H7NO3S2. The molecule has 1 N–H and O–H groups in total. The van der Waals surface area contributed by atoms with Gasteiger partial charge >= 0.3 is 5.97 Å². The maximum Gasteiger partial charge on any atom is 0.329 e. The number of carbonyl (C=O) groups excluding carboxylic acids is 1. The maximum atomic E-state index is 11.5. The zero-order valence-corrected chi connectivity index (χ0v) is 8.73. The average molecular weight is 229 g/mol. The Morgan fingerprint density at radius 3 is 2.86 bits per heavy atom. The highest BCUT2D eigenvalue weighted by molar-refractivity contribution is 8.26. The summed E-state index contributed by atoms with van der Waals surface area (Å²) in [6.07, 6.45) is 2.40. The number of amides is 1. The second-order valence-corrected chi connectivity index (χ2v) is 4.09. The van der Waals surface area contributed by atoms with Gasteiger partial charge in [0.05, 0.1) is 4.91 Å². The van der Waals surface area contributed by atoms with Gasteiger partial charge in [-0.25, -0.2) is 4.79 Å². The summed E-state index contributed by atoms with van der Waals surface area (Å²) in [7, 11) is 0. The molecule has 0 aromatic carbocycles. The van der Waals surface area contributed by atoms with Crippen LogP contribution < -0.4 is 0 Å². The van der Waals surface area contributed by atoms with Crippen molar-refractivity contribution in [3.8, 4) is 0 Å². The fourth-order valence-electron chi connectivity index (χ4n) is 0.899. The number of carboxylic acid groups (broad SMARTS) is 1. The topological polar surface area (TPSA) is 57.6 Å². The van der Waals surface area contributed by atoms with Gasteiger partial charge in [0, 0.05) is 12.6 Å². The van der Waals surface area contributed by atoms with Crippen LogP contribution in [0.5, 0.6) is 0 Å². The van der Waals surface area contributed by atoms with Crippen molar-refractivity contribution in [3.05, 3.63) is 23.6 Å². The lowest BCUT2D eigenvalue weighted by Gasteiger charge is -2.10. The summed E-state index contributed by atoms with van der Waals surface area (Å²) in [5, 5.41) is 8.47. The molecule has 0 atom stereocenters. The molecule has 0 unspecified atom stereocenters. The van der Waals surface area contributed by atoms with Crippen LogP contribution in [0.2, 0.25) is 0 Å². The lowest BCUT2D eigenvalue weighted by Crippen LogP contribution is -2.27. The molecule has 1 heterocycles. The first kappa shape index (κ1) is 10.9. The molecule has 1 aliphatic heterocycles. The van der Waals surface area contributed by atoms with Gasteiger partial charge in [0.1, 0.15) is 4.32 Å². The fraction of sp³-hybridized carbons (Fsp3) is 0.125. The van der Waals surface area contributed by atoms with E-state index in [0.29, 0.717) is 10.9 Å². The zero-order chi connectivity index (χ0) is 10.7. The minimum Gasteiger partial charge on any atom is -0.478 e. The predicted octanol–water partition coefficient (Wildman–Crippen LogP) is 1.00. The molecule has 0 aromatic heterocycles. The standard InChI is InChI=1S/C8H7NO3S2/c1-2-3-9-7(12)5(4-6(10)11)14-8(9)13/h2,4H,1,3H2,(H,10,11)/b5-4+. The first-order valence-electron chi connectivity index (χ1n) is 3.65. The van der Waals surface area contributed by atoms with E-state index in [0.717, 1.165) is 17.8 Å². The van der Waals surface area contributed by atoms with Gasteiger partial charge in [0.15, 0.2) is 0 Å². The monoisotopic (exact) mass is 229 g/mol. The minimum atomic E-state index is -1.15. The van der Waals surface area contributed by atoms with E-state index < -0.39 is 5.97 Å². The lowest BCUT2D eigenvalue weighted by molar-refractivity contribution is -0.132. The van der Waals surface area contributed by atoms with Crippen LogP contribution in [-0.4, -0.2) is 32.7 Å². The first-order valence-corrected chi connectivity index (χ1v) is 4.88. The molecule has 1 saturated heterocycles. The first-order chi connectivity index (χ1) is 6.56. The molecule has 0 spiro atoms. The number of nitrogens with zero attached hydrogens (tertiary/aromatic N) is 1. The Bertz CT molecular complexity index is 348. The third-order valence-electron chi connectivity index (χ3n) is 1.44. The van der Waals surface area contributed by atoms with Crippen molar-refractivity contribution in [2.75, 3.05) is 6.54 Å². The lowest BCUT2D eigenvalue weighted by atomic mass is 10.4. The van der Waals surface area contributed by atoms with E-state index >= 15 is 0 Å². The molecule has 0 aliphatic carbocycles. The molecule has 0 radical (unpaired) electrons. The summed E-state index contributed by atoms with van der Waals surface area (Å²) in [6, 6.07) is 0. The van der Waals surface area contributed by atoms with Crippen LogP contribution in [0.3, 0.4) is 0 Å². The van der Waals surface area contributed by atoms with Gasteiger partial charge in [-0.3, -0.25) is 9.69 Å². The second-order valence-electron chi connectivity index (χ2n) is 2.42. The highest BCUT2D eigenvalue weighted by Crippen LogP contribution is 2.30. The fourth-order valence-corrected chi connectivity index (χ4v) is 2.14. The van der Waals surface area contributed by atoms with Crippen LogP contribution in [0, 0.1) is 0 Å². The van der Waals surface area contributed by atoms with Gasteiger partial charge in [-0.15, -0.1) is 6.58 Å². The Kier molecular flexibility index (Phi) is 3.43. The highest BCUT2D eigenvalue weighted by atomic mass is 32.2. The minimum absolute atomic E-state index is 0.143. The number of carbonyl (C=O) groups is 2. The van der Waals surface area contributed by atoms with Crippen LogP contribution in [0.25, 0.3) is 0 Å². The van der Waals surface area contributed by atoms with E-state index in [-0.39, 0.29) is 10.8 Å². The van der Waals surface area contributed by atoms with E-state index in [1.165, 1.54) is 11.0 Å². The number of carboxylic acids is 1. The van der Waals surface area contributed by atoms with Gasteiger partial charge in [0.25, 0.3) is 5.91 Å². The molecule has 14 heavy (non-hydrogen) atoms. The largest absolute Gasteiger partial charge is 0.478 e. The molecule has 6 heteroatoms. The smallest absolute Gasteiger partial charge is 0.329 e. The van der Waals surface area contributed by atoms with E-state index in [4.69, 9.17) is 17.3 Å². The normalized spacial score (nSPS) is 19.1. The van der Waals surface area contributed by atoms with Crippen molar-refractivity contribution in [3.63, 3.8) is 0 Å². The molecule has 1 amide bonds. The predicted molar refractivity (Wildman–Crippen MR) is 57.8 cm³/mol. The Morgan fingerprint density at radius 2 is 2.36 bits per heavy atom. The summed E-state index contributed by atoms with van der Waals surface area (Å²) in [5.74, 6) is -1.52. The van der Waals surface area contributed by atoms with Crippen molar-refractivity contribution < 1.29 is 14.7 Å². The van der Waals surface area contributed by atoms with Crippen molar-refractivity contribution in [1.29, 1.82) is 0 Å². The number of hydrogen-bond acceptors (Lipinski definition) is 4. The molecule has 0 bridgehead atoms. The molecular weight excluding hydrogens is 222 g/mol. The maximum absolute atomic E-state index is 11.5. The molecule has 0 aromatic rings. The van der Waals surface area contributed by atoms with E-state index in [1.54, 1.807) is 0 Å². The van der Waals surface area contributed by atoms with Gasteiger partial charge in [-0.2, -0.15) is 0 Å². The molecule has 1 rings (SSSR count). The molecule has 1 aliphatic rings. The van der Waals surface area contributed by atoms with E-state index in [2.05, 4.69) is 6.58 Å². The van der Waals surface area contributed by atoms with Crippen LogP contribution in [-0.2, 0) is 9.59 Å². The van der Waals surface area contributed by atoms with Crippen molar-refractivity contribution >= 4 is 40.2 Å². The Hall–Kier alpha value is -1.14. The van der Waals surface area contributed by atoms with E-state index in [1.807, 2.05) is 0 Å². The summed E-state index contributed by atoms with van der Waals surface area (Å²) >= 11 is 5.89. The number of aliphatic carboxylic acids is 1. The van der Waals surface area contributed by atoms with Crippen LogP contribution >= 0.6 is 24.0 Å². The zero-order valence-electron chi connectivity index (χ0n) is 7.10. The average Bonchev–Trinajstić information content (AvgIpc) is 2.32. The van der Waals surface area contributed by atoms with Crippen molar-refractivity contribution in [2.45, 2.75) is 0 Å². The molecule has 0 saturated carbocycles. The number of hydrogen-bond donors (Lipinski definition) is 1. The SMILES string of the molecule is C=CCN1C(=O)/C(=C\C(=O)O)SC1=S. The van der Waals surface area contributed by atoms with E-state index in [9.17, 15) is 9.59 Å². The van der Waals surface area contributed by atoms with Gasteiger partial charge < -0.3 is 5.11 Å². The quantitative estimate of drug-likeness (QED) is 0.444. The van der Waals surface area contributed by atoms with Crippen molar-refractivity contribution in [2.24, 2.45) is 0 Å². The van der Waals surface area contributed by atoms with Crippen LogP contribution in [0.4, 0.5) is 0 Å². The molecule has 74 valence electrons. The van der Waals surface area contributed by atoms with Gasteiger partial charge in [0.2, 0.25) is 0 Å². The number of rotatable bonds is 3. The molecule has 1 fully saturated rings. The molecule has 4 nitrogen and oxygen atoms in total. The summed E-state index contributed by atoms with van der Waals surface area (Å²) < 4.78 is 0.363. The van der Waals surface area contributed by atoms with Crippen molar-refractivity contribution in [1.82, 2.24) is 4.90 Å². The number of thioether (sulfide) groups is 1. The summed E-state index contributed by atoms with van der Waals surface area (Å²) in [6.45, 7) is 3.79. The van der Waals surface area contributed by atoms with Crippen LogP contribution in [0.1, 0.15) is 0 Å². The Balaban J connectivity index is 2.89. The Labute approximate surface area is 90.3 Å². The summed E-state index contributed by atoms with van der Waals surface area (Å²) in [5.41, 5.74) is 0. The van der Waals surface area contributed by atoms with Gasteiger partial charge in [-0.05, 0) is 0 Å². The van der Waals surface area contributed by atoms with Gasteiger partial charge in [-0.1, -0.05) is 30.1 Å². The third-order valence-corrected chi connectivity index (χ3v) is 2.82. The third kappa shape index (κ3) is 2.21. The van der Waals surface area contributed by atoms with Crippen LogP contribution in [0.15, 0.2) is 23.6 Å². The summed E-state index contributed by atoms with van der Waals surface area (Å²) in [4.78, 5) is 23.3.